The van der Waals surface area contributed by atoms with Crippen molar-refractivity contribution in [2.24, 2.45) is 0 Å². The molecular formula is C21H21FN2O2. The standard InChI is InChI=1S/C21H21FN2O2/c22-19-7-5-16(6-8-19)14-23-9-11-24(12-10-23)21(25)18-13-17-3-1-2-4-20(17)26-15-18/h1-8,13H,9-12,14-15H2. The predicted molar refractivity (Wildman–Crippen MR) is 98.2 cm³/mol. The lowest BCUT2D eigenvalue weighted by Crippen LogP contribution is -2.49. The number of carbonyl (C=O) groups excluding carboxylic acids is 1. The van der Waals surface area contributed by atoms with E-state index in [1.54, 1.807) is 0 Å². The average Bonchev–Trinajstić information content (AvgIpc) is 2.69. The zero-order valence-corrected chi connectivity index (χ0v) is 14.5. The van der Waals surface area contributed by atoms with Crippen LogP contribution in [0.3, 0.4) is 0 Å². The molecule has 0 unspecified atom stereocenters. The molecule has 134 valence electrons. The summed E-state index contributed by atoms with van der Waals surface area (Å²) in [5.41, 5.74) is 2.75. The van der Waals surface area contributed by atoms with Gasteiger partial charge in [-0.25, -0.2) is 4.39 Å². The maximum Gasteiger partial charge on any atom is 0.253 e. The van der Waals surface area contributed by atoms with Crippen LogP contribution >= 0.6 is 0 Å². The molecule has 1 fully saturated rings. The predicted octanol–water partition coefficient (Wildman–Crippen LogP) is 2.95. The van der Waals surface area contributed by atoms with E-state index in [9.17, 15) is 9.18 Å². The summed E-state index contributed by atoms with van der Waals surface area (Å²) >= 11 is 0. The van der Waals surface area contributed by atoms with Crippen LogP contribution in [0.1, 0.15) is 11.1 Å². The number of fused-ring (bicyclic) bond motifs is 1. The van der Waals surface area contributed by atoms with E-state index in [0.717, 1.165) is 36.5 Å². The normalized spacial score (nSPS) is 17.3. The Labute approximate surface area is 152 Å². The summed E-state index contributed by atoms with van der Waals surface area (Å²) in [6, 6.07) is 14.4. The number of rotatable bonds is 3. The van der Waals surface area contributed by atoms with Crippen LogP contribution in [0.2, 0.25) is 0 Å². The summed E-state index contributed by atoms with van der Waals surface area (Å²) in [5.74, 6) is 0.669. The molecule has 1 saturated heterocycles. The largest absolute Gasteiger partial charge is 0.488 e. The highest BCUT2D eigenvalue weighted by molar-refractivity contribution is 5.99. The van der Waals surface area contributed by atoms with E-state index in [0.29, 0.717) is 25.3 Å². The second-order valence-corrected chi connectivity index (χ2v) is 6.69. The SMILES string of the molecule is O=C(C1=Cc2ccccc2OC1)N1CCN(Cc2ccc(F)cc2)CC1. The molecule has 26 heavy (non-hydrogen) atoms. The molecule has 0 spiro atoms. The quantitative estimate of drug-likeness (QED) is 0.851. The molecule has 4 rings (SSSR count). The second-order valence-electron chi connectivity index (χ2n) is 6.69. The average molecular weight is 352 g/mol. The molecule has 0 bridgehead atoms. The minimum Gasteiger partial charge on any atom is -0.488 e. The molecule has 0 atom stereocenters. The summed E-state index contributed by atoms with van der Waals surface area (Å²) in [7, 11) is 0. The van der Waals surface area contributed by atoms with Crippen LogP contribution in [0.15, 0.2) is 54.1 Å². The Morgan fingerprint density at radius 1 is 1.00 bits per heavy atom. The maximum atomic E-state index is 13.0. The molecule has 0 radical (unpaired) electrons. The molecule has 2 aliphatic heterocycles. The summed E-state index contributed by atoms with van der Waals surface area (Å²) in [4.78, 5) is 17.0. The number of benzene rings is 2. The van der Waals surface area contributed by atoms with Crippen LogP contribution < -0.4 is 4.74 Å². The number of ether oxygens (including phenoxy) is 1. The van der Waals surface area contributed by atoms with E-state index in [2.05, 4.69) is 4.90 Å². The van der Waals surface area contributed by atoms with Crippen LogP contribution in [0.5, 0.6) is 5.75 Å². The zero-order chi connectivity index (χ0) is 17.9. The Balaban J connectivity index is 1.35. The molecule has 0 N–H and O–H groups in total. The van der Waals surface area contributed by atoms with Gasteiger partial charge in [0, 0.05) is 38.3 Å². The first-order valence-corrected chi connectivity index (χ1v) is 8.87. The van der Waals surface area contributed by atoms with Gasteiger partial charge in [-0.15, -0.1) is 0 Å². The number of piperazine rings is 1. The topological polar surface area (TPSA) is 32.8 Å². The Kier molecular flexibility index (Phi) is 4.71. The molecule has 0 aromatic heterocycles. The van der Waals surface area contributed by atoms with Crippen LogP contribution in [0.25, 0.3) is 6.08 Å². The summed E-state index contributed by atoms with van der Waals surface area (Å²) in [6.45, 7) is 4.12. The van der Waals surface area contributed by atoms with Crippen LogP contribution in [0.4, 0.5) is 4.39 Å². The van der Waals surface area contributed by atoms with E-state index >= 15 is 0 Å². The number of para-hydroxylation sites is 1. The monoisotopic (exact) mass is 352 g/mol. The number of halogens is 1. The number of hydrogen-bond donors (Lipinski definition) is 0. The van der Waals surface area contributed by atoms with Crippen molar-refractivity contribution in [1.82, 2.24) is 9.80 Å². The van der Waals surface area contributed by atoms with Gasteiger partial charge in [-0.05, 0) is 29.8 Å². The van der Waals surface area contributed by atoms with Gasteiger partial charge in [0.1, 0.15) is 18.2 Å². The number of amides is 1. The maximum absolute atomic E-state index is 13.0. The Morgan fingerprint density at radius 3 is 2.50 bits per heavy atom. The second kappa shape index (κ2) is 7.30. The summed E-state index contributed by atoms with van der Waals surface area (Å²) in [6.07, 6.45) is 1.94. The zero-order valence-electron chi connectivity index (χ0n) is 14.5. The van der Waals surface area contributed by atoms with Crippen molar-refractivity contribution in [3.63, 3.8) is 0 Å². The van der Waals surface area contributed by atoms with Crippen molar-refractivity contribution in [2.75, 3.05) is 32.8 Å². The molecule has 1 amide bonds. The van der Waals surface area contributed by atoms with Gasteiger partial charge in [0.2, 0.25) is 0 Å². The van der Waals surface area contributed by atoms with Crippen LogP contribution in [-0.2, 0) is 11.3 Å². The lowest BCUT2D eigenvalue weighted by molar-refractivity contribution is -0.129. The number of carbonyl (C=O) groups is 1. The first-order valence-electron chi connectivity index (χ1n) is 8.87. The van der Waals surface area contributed by atoms with Gasteiger partial charge in [-0.1, -0.05) is 30.3 Å². The van der Waals surface area contributed by atoms with Crippen molar-refractivity contribution in [3.05, 3.63) is 71.0 Å². The minimum atomic E-state index is -0.214. The number of nitrogens with zero attached hydrogens (tertiary/aromatic N) is 2. The lowest BCUT2D eigenvalue weighted by atomic mass is 10.1. The third-order valence-corrected chi connectivity index (χ3v) is 4.89. The van der Waals surface area contributed by atoms with Crippen molar-refractivity contribution < 1.29 is 13.9 Å². The highest BCUT2D eigenvalue weighted by Gasteiger charge is 2.25. The molecule has 0 aliphatic carbocycles. The van der Waals surface area contributed by atoms with E-state index < -0.39 is 0 Å². The van der Waals surface area contributed by atoms with Crippen molar-refractivity contribution >= 4 is 12.0 Å². The first kappa shape index (κ1) is 16.8. The van der Waals surface area contributed by atoms with Gasteiger partial charge in [-0.2, -0.15) is 0 Å². The van der Waals surface area contributed by atoms with Crippen LogP contribution in [-0.4, -0.2) is 48.5 Å². The van der Waals surface area contributed by atoms with E-state index in [1.165, 1.54) is 12.1 Å². The third-order valence-electron chi connectivity index (χ3n) is 4.89. The Bertz CT molecular complexity index is 824. The molecule has 2 aromatic rings. The summed E-state index contributed by atoms with van der Waals surface area (Å²) < 4.78 is 18.7. The molecular weight excluding hydrogens is 331 g/mol. The Hall–Kier alpha value is -2.66. The van der Waals surface area contributed by atoms with Gasteiger partial charge >= 0.3 is 0 Å². The smallest absolute Gasteiger partial charge is 0.253 e. The first-order chi connectivity index (χ1) is 12.7. The van der Waals surface area contributed by atoms with Gasteiger partial charge in [0.05, 0.1) is 5.57 Å². The molecule has 2 aromatic carbocycles. The van der Waals surface area contributed by atoms with Gasteiger partial charge in [0.25, 0.3) is 5.91 Å². The fraction of sp³-hybridized carbons (Fsp3) is 0.286. The molecule has 2 aliphatic rings. The van der Waals surface area contributed by atoms with Crippen molar-refractivity contribution in [1.29, 1.82) is 0 Å². The van der Waals surface area contributed by atoms with E-state index in [-0.39, 0.29) is 11.7 Å². The van der Waals surface area contributed by atoms with E-state index in [4.69, 9.17) is 4.74 Å². The fourth-order valence-electron chi connectivity index (χ4n) is 3.40. The molecule has 5 heteroatoms. The summed E-state index contributed by atoms with van der Waals surface area (Å²) in [5, 5.41) is 0. The third kappa shape index (κ3) is 3.63. The molecule has 4 nitrogen and oxygen atoms in total. The van der Waals surface area contributed by atoms with E-state index in [1.807, 2.05) is 47.4 Å². The van der Waals surface area contributed by atoms with Crippen molar-refractivity contribution in [2.45, 2.75) is 6.54 Å². The highest BCUT2D eigenvalue weighted by Crippen LogP contribution is 2.26. The van der Waals surface area contributed by atoms with Crippen LogP contribution in [0, 0.1) is 5.82 Å². The minimum absolute atomic E-state index is 0.0564. The lowest BCUT2D eigenvalue weighted by Gasteiger charge is -2.35. The van der Waals surface area contributed by atoms with Crippen molar-refractivity contribution in [3.8, 4) is 5.75 Å². The Morgan fingerprint density at radius 2 is 1.73 bits per heavy atom. The molecule has 2 heterocycles. The van der Waals surface area contributed by atoms with Gasteiger partial charge in [0.15, 0.2) is 0 Å². The van der Waals surface area contributed by atoms with Gasteiger partial charge in [-0.3, -0.25) is 9.69 Å². The van der Waals surface area contributed by atoms with Gasteiger partial charge < -0.3 is 9.64 Å². The highest BCUT2D eigenvalue weighted by atomic mass is 19.1. The molecule has 0 saturated carbocycles. The number of hydrogen-bond acceptors (Lipinski definition) is 3. The fourth-order valence-corrected chi connectivity index (χ4v) is 3.40.